The summed E-state index contributed by atoms with van der Waals surface area (Å²) in [5, 5.41) is 2.08. The number of thiophene rings is 1. The number of benzene rings is 1. The first-order chi connectivity index (χ1) is 12.5. The van der Waals surface area contributed by atoms with Gasteiger partial charge in [-0.2, -0.15) is 0 Å². The Morgan fingerprint density at radius 2 is 1.81 bits per heavy atom. The van der Waals surface area contributed by atoms with Crippen LogP contribution in [0.1, 0.15) is 37.6 Å². The summed E-state index contributed by atoms with van der Waals surface area (Å²) in [6.45, 7) is 6.48. The Hall–Kier alpha value is -2.90. The van der Waals surface area contributed by atoms with Crippen LogP contribution in [0.15, 0.2) is 60.4 Å². The number of hydrogen-bond acceptors (Lipinski definition) is 3. The molecule has 0 saturated heterocycles. The van der Waals surface area contributed by atoms with Gasteiger partial charge in [-0.25, -0.2) is 4.98 Å². The zero-order valence-corrected chi connectivity index (χ0v) is 15.8. The van der Waals surface area contributed by atoms with E-state index in [-0.39, 0.29) is 5.41 Å². The predicted molar refractivity (Wildman–Crippen MR) is 107 cm³/mol. The topological polar surface area (TPSA) is 30.2 Å². The molecule has 0 radical (unpaired) electrons. The van der Waals surface area contributed by atoms with E-state index in [0.717, 1.165) is 33.0 Å². The van der Waals surface area contributed by atoms with E-state index in [1.54, 1.807) is 11.3 Å². The second kappa shape index (κ2) is 6.44. The van der Waals surface area contributed by atoms with Crippen molar-refractivity contribution in [1.29, 1.82) is 0 Å². The molecule has 3 nitrogen and oxygen atoms in total. The molecule has 0 spiro atoms. The molecule has 0 N–H and O–H groups in total. The van der Waals surface area contributed by atoms with E-state index in [2.05, 4.69) is 59.6 Å². The molecule has 3 aromatic heterocycles. The average molecular weight is 357 g/mol. The Morgan fingerprint density at radius 3 is 2.58 bits per heavy atom. The molecule has 3 heterocycles. The van der Waals surface area contributed by atoms with Gasteiger partial charge >= 0.3 is 0 Å². The van der Waals surface area contributed by atoms with Crippen LogP contribution in [0.3, 0.4) is 0 Å². The van der Waals surface area contributed by atoms with Crippen LogP contribution in [0.4, 0.5) is 0 Å². The van der Waals surface area contributed by atoms with Gasteiger partial charge in [0.2, 0.25) is 0 Å². The maximum Gasteiger partial charge on any atom is 0.159 e. The lowest BCUT2D eigenvalue weighted by molar-refractivity contribution is 0.570. The third-order valence-electron chi connectivity index (χ3n) is 4.06. The van der Waals surface area contributed by atoms with Gasteiger partial charge in [-0.15, -0.1) is 11.3 Å². The van der Waals surface area contributed by atoms with E-state index in [4.69, 9.17) is 4.98 Å². The van der Waals surface area contributed by atoms with E-state index >= 15 is 0 Å². The molecule has 0 unspecified atom stereocenters. The molecule has 26 heavy (non-hydrogen) atoms. The second-order valence-corrected chi connectivity index (χ2v) is 8.11. The van der Waals surface area contributed by atoms with Crippen molar-refractivity contribution in [1.82, 2.24) is 14.4 Å². The molecule has 128 valence electrons. The van der Waals surface area contributed by atoms with E-state index < -0.39 is 0 Å². The quantitative estimate of drug-likeness (QED) is 0.441. The van der Waals surface area contributed by atoms with Crippen LogP contribution in [0, 0.1) is 11.8 Å². The highest BCUT2D eigenvalue weighted by Crippen LogP contribution is 2.29. The van der Waals surface area contributed by atoms with Crippen molar-refractivity contribution in [2.45, 2.75) is 26.2 Å². The zero-order valence-electron chi connectivity index (χ0n) is 15.0. The summed E-state index contributed by atoms with van der Waals surface area (Å²) < 4.78 is 2.05. The summed E-state index contributed by atoms with van der Waals surface area (Å²) in [6.07, 6.45) is 5.85. The lowest BCUT2D eigenvalue weighted by Gasteiger charge is -2.17. The molecule has 0 aliphatic carbocycles. The lowest BCUT2D eigenvalue weighted by atomic mass is 9.92. The molecule has 4 rings (SSSR count). The molecular formula is C22H19N3S. The number of imidazole rings is 1. The molecule has 0 saturated carbocycles. The predicted octanol–water partition coefficient (Wildman–Crippen LogP) is 5.16. The Bertz CT molecular complexity index is 1120. The second-order valence-electron chi connectivity index (χ2n) is 7.20. The molecule has 0 aliphatic heterocycles. The summed E-state index contributed by atoms with van der Waals surface area (Å²) in [4.78, 5) is 10.5. The molecule has 0 fully saturated rings. The van der Waals surface area contributed by atoms with Gasteiger partial charge in [0.1, 0.15) is 0 Å². The highest BCUT2D eigenvalue weighted by Gasteiger charge is 2.21. The summed E-state index contributed by atoms with van der Waals surface area (Å²) in [6, 6.07) is 12.1. The van der Waals surface area contributed by atoms with Gasteiger partial charge in [-0.05, 0) is 18.2 Å². The van der Waals surface area contributed by atoms with Gasteiger partial charge < -0.3 is 4.40 Å². The van der Waals surface area contributed by atoms with Crippen LogP contribution in [-0.2, 0) is 5.41 Å². The van der Waals surface area contributed by atoms with Gasteiger partial charge in [0.15, 0.2) is 5.65 Å². The Balaban J connectivity index is 1.69. The van der Waals surface area contributed by atoms with Gasteiger partial charge in [0.25, 0.3) is 0 Å². The molecule has 0 aliphatic rings. The molecular weight excluding hydrogens is 338 g/mol. The standard InChI is InChI=1S/C22H19N3S/c1-22(2,3)20-21-24-18(14-25(21)12-11-23-20)19-13-17(15-26-19)10-9-16-7-5-4-6-8-16/h4-8,11-15H,1-3H3. The molecule has 0 amide bonds. The SMILES string of the molecule is CC(C)(C)c1nccn2cc(-c3cc(C#Cc4ccccc4)cs3)nc12. The van der Waals surface area contributed by atoms with Crippen molar-refractivity contribution in [2.24, 2.45) is 0 Å². The summed E-state index contributed by atoms with van der Waals surface area (Å²) in [5.41, 5.74) is 4.87. The van der Waals surface area contributed by atoms with Crippen LogP contribution in [-0.4, -0.2) is 14.4 Å². The monoisotopic (exact) mass is 357 g/mol. The number of nitrogens with zero attached hydrogens (tertiary/aromatic N) is 3. The fraction of sp³-hybridized carbons (Fsp3) is 0.182. The van der Waals surface area contributed by atoms with Crippen molar-refractivity contribution in [3.8, 4) is 22.4 Å². The van der Waals surface area contributed by atoms with Crippen molar-refractivity contribution in [3.05, 3.63) is 77.2 Å². The van der Waals surface area contributed by atoms with Gasteiger partial charge in [0, 0.05) is 40.5 Å². The smallest absolute Gasteiger partial charge is 0.159 e. The normalized spacial score (nSPS) is 11.3. The molecule has 4 aromatic rings. The minimum atomic E-state index is -0.0487. The van der Waals surface area contributed by atoms with Crippen LogP contribution >= 0.6 is 11.3 Å². The summed E-state index contributed by atoms with van der Waals surface area (Å²) >= 11 is 1.67. The van der Waals surface area contributed by atoms with Crippen molar-refractivity contribution in [3.63, 3.8) is 0 Å². The zero-order chi connectivity index (χ0) is 18.1. The minimum absolute atomic E-state index is 0.0487. The Morgan fingerprint density at radius 1 is 1.04 bits per heavy atom. The molecule has 0 bridgehead atoms. The largest absolute Gasteiger partial charge is 0.303 e. The molecule has 4 heteroatoms. The summed E-state index contributed by atoms with van der Waals surface area (Å²) in [7, 11) is 0. The summed E-state index contributed by atoms with van der Waals surface area (Å²) in [5.74, 6) is 6.44. The number of hydrogen-bond donors (Lipinski definition) is 0. The van der Waals surface area contributed by atoms with E-state index in [1.807, 2.05) is 42.7 Å². The number of rotatable bonds is 1. The third kappa shape index (κ3) is 3.26. The van der Waals surface area contributed by atoms with Crippen molar-refractivity contribution in [2.75, 3.05) is 0 Å². The van der Waals surface area contributed by atoms with Crippen molar-refractivity contribution >= 4 is 17.0 Å². The number of fused-ring (bicyclic) bond motifs is 1. The highest BCUT2D eigenvalue weighted by molar-refractivity contribution is 7.13. The first kappa shape index (κ1) is 16.6. The lowest BCUT2D eigenvalue weighted by Crippen LogP contribution is -2.15. The Kier molecular flexibility index (Phi) is 4.10. The first-order valence-corrected chi connectivity index (χ1v) is 9.39. The van der Waals surface area contributed by atoms with Crippen LogP contribution < -0.4 is 0 Å². The maximum atomic E-state index is 4.84. The van der Waals surface area contributed by atoms with Gasteiger partial charge in [-0.3, -0.25) is 4.98 Å². The van der Waals surface area contributed by atoms with Crippen LogP contribution in [0.2, 0.25) is 0 Å². The Labute approximate surface area is 157 Å². The van der Waals surface area contributed by atoms with Gasteiger partial charge in [0.05, 0.1) is 16.3 Å². The van der Waals surface area contributed by atoms with E-state index in [0.29, 0.717) is 0 Å². The van der Waals surface area contributed by atoms with Crippen LogP contribution in [0.25, 0.3) is 16.2 Å². The van der Waals surface area contributed by atoms with E-state index in [1.165, 1.54) is 0 Å². The van der Waals surface area contributed by atoms with Crippen LogP contribution in [0.5, 0.6) is 0 Å². The fourth-order valence-electron chi connectivity index (χ4n) is 2.77. The number of aromatic nitrogens is 3. The highest BCUT2D eigenvalue weighted by atomic mass is 32.1. The van der Waals surface area contributed by atoms with Gasteiger partial charge in [-0.1, -0.05) is 50.8 Å². The molecule has 0 atom stereocenters. The average Bonchev–Trinajstić information content (AvgIpc) is 3.26. The minimum Gasteiger partial charge on any atom is -0.303 e. The maximum absolute atomic E-state index is 4.84. The fourth-order valence-corrected chi connectivity index (χ4v) is 3.56. The first-order valence-electron chi connectivity index (χ1n) is 8.51. The molecule has 1 aromatic carbocycles. The van der Waals surface area contributed by atoms with E-state index in [9.17, 15) is 0 Å². The van der Waals surface area contributed by atoms with Crippen molar-refractivity contribution < 1.29 is 0 Å². The third-order valence-corrected chi connectivity index (χ3v) is 5.01.